The van der Waals surface area contributed by atoms with Crippen LogP contribution in [0, 0.1) is 22.9 Å². The van der Waals surface area contributed by atoms with Crippen LogP contribution < -0.4 is 5.32 Å². The summed E-state index contributed by atoms with van der Waals surface area (Å²) in [6.45, 7) is 2.52. The van der Waals surface area contributed by atoms with Crippen molar-refractivity contribution in [2.75, 3.05) is 6.54 Å². The van der Waals surface area contributed by atoms with Crippen LogP contribution in [0.5, 0.6) is 0 Å². The van der Waals surface area contributed by atoms with Crippen molar-refractivity contribution < 1.29 is 27.9 Å². The molecule has 2 N–H and O–H groups in total. The maximum absolute atomic E-state index is 12.9. The molecule has 19 heavy (non-hydrogen) atoms. The molecular weight excluding hydrogens is 263 g/mol. The molecular formula is C12H12F3NO3. The fourth-order valence-electron chi connectivity index (χ4n) is 1.17. The summed E-state index contributed by atoms with van der Waals surface area (Å²) < 4.78 is 38.5. The fourth-order valence-corrected chi connectivity index (χ4v) is 1.17. The van der Waals surface area contributed by atoms with Gasteiger partial charge in [-0.15, -0.1) is 0 Å². The van der Waals surface area contributed by atoms with Crippen LogP contribution in [0.1, 0.15) is 24.2 Å². The monoisotopic (exact) mass is 275 g/mol. The summed E-state index contributed by atoms with van der Waals surface area (Å²) in [4.78, 5) is 22.4. The molecule has 0 spiro atoms. The molecule has 1 amide bonds. The molecule has 1 aromatic carbocycles. The number of carboxylic acids is 1. The van der Waals surface area contributed by atoms with E-state index in [0.717, 1.165) is 0 Å². The van der Waals surface area contributed by atoms with Crippen LogP contribution in [0.3, 0.4) is 0 Å². The Bertz CT molecular complexity index is 506. The van der Waals surface area contributed by atoms with Crippen molar-refractivity contribution >= 4 is 11.9 Å². The number of amides is 1. The molecule has 7 heteroatoms. The maximum Gasteiger partial charge on any atom is 0.310 e. The van der Waals surface area contributed by atoms with E-state index in [2.05, 4.69) is 5.32 Å². The van der Waals surface area contributed by atoms with Gasteiger partial charge < -0.3 is 10.4 Å². The Morgan fingerprint density at radius 3 is 2.11 bits per heavy atom. The van der Waals surface area contributed by atoms with E-state index in [4.69, 9.17) is 5.11 Å². The first kappa shape index (κ1) is 15.0. The van der Waals surface area contributed by atoms with Crippen LogP contribution in [0.4, 0.5) is 13.2 Å². The number of benzene rings is 1. The van der Waals surface area contributed by atoms with E-state index in [-0.39, 0.29) is 6.54 Å². The van der Waals surface area contributed by atoms with E-state index in [0.29, 0.717) is 12.1 Å². The molecule has 0 aliphatic heterocycles. The molecule has 0 radical (unpaired) electrons. The number of carbonyl (C=O) groups excluding carboxylic acids is 1. The lowest BCUT2D eigenvalue weighted by molar-refractivity contribution is -0.146. The average molecular weight is 275 g/mol. The number of aliphatic carboxylic acids is 1. The zero-order chi connectivity index (χ0) is 14.8. The zero-order valence-corrected chi connectivity index (χ0v) is 10.3. The predicted octanol–water partition coefficient (Wildman–Crippen LogP) is 1.94. The standard InChI is InChI=1S/C12H12F3NO3/c1-12(2,11(18)19)5-16-10(17)6-3-7(13)9(15)8(14)4-6/h3-4H,5H2,1-2H3,(H,16,17)(H,18,19). The highest BCUT2D eigenvalue weighted by Gasteiger charge is 2.28. The second kappa shape index (κ2) is 5.29. The Balaban J connectivity index is 2.83. The van der Waals surface area contributed by atoms with Crippen LogP contribution in [0.2, 0.25) is 0 Å². The molecule has 104 valence electrons. The van der Waals surface area contributed by atoms with E-state index in [9.17, 15) is 22.8 Å². The summed E-state index contributed by atoms with van der Waals surface area (Å²) in [6, 6.07) is 1.09. The molecule has 0 unspecified atom stereocenters. The van der Waals surface area contributed by atoms with Gasteiger partial charge in [0.15, 0.2) is 17.5 Å². The van der Waals surface area contributed by atoms with Crippen molar-refractivity contribution in [3.05, 3.63) is 35.1 Å². The van der Waals surface area contributed by atoms with Crippen molar-refractivity contribution in [2.24, 2.45) is 5.41 Å². The van der Waals surface area contributed by atoms with Gasteiger partial charge in [-0.1, -0.05) is 0 Å². The molecule has 0 atom stereocenters. The van der Waals surface area contributed by atoms with E-state index < -0.39 is 40.3 Å². The Hall–Kier alpha value is -2.05. The smallest absolute Gasteiger partial charge is 0.310 e. The summed E-state index contributed by atoms with van der Waals surface area (Å²) >= 11 is 0. The SMILES string of the molecule is CC(C)(CNC(=O)c1cc(F)c(F)c(F)c1)C(=O)O. The molecule has 4 nitrogen and oxygen atoms in total. The van der Waals surface area contributed by atoms with Gasteiger partial charge in [0.1, 0.15) is 0 Å². The summed E-state index contributed by atoms with van der Waals surface area (Å²) in [5.41, 5.74) is -1.65. The van der Waals surface area contributed by atoms with Gasteiger partial charge in [0.25, 0.3) is 5.91 Å². The summed E-state index contributed by atoms with van der Waals surface area (Å²) in [5.74, 6) is -6.65. The van der Waals surface area contributed by atoms with Crippen LogP contribution in [-0.2, 0) is 4.79 Å². The van der Waals surface area contributed by atoms with E-state index in [1.165, 1.54) is 13.8 Å². The minimum Gasteiger partial charge on any atom is -0.481 e. The first-order valence-electron chi connectivity index (χ1n) is 5.31. The van der Waals surface area contributed by atoms with Gasteiger partial charge in [0, 0.05) is 12.1 Å². The Morgan fingerprint density at radius 1 is 1.21 bits per heavy atom. The van der Waals surface area contributed by atoms with Crippen LogP contribution in [0.25, 0.3) is 0 Å². The lowest BCUT2D eigenvalue weighted by Gasteiger charge is -2.19. The largest absolute Gasteiger partial charge is 0.481 e. The van der Waals surface area contributed by atoms with Gasteiger partial charge in [0.05, 0.1) is 5.41 Å². The Morgan fingerprint density at radius 2 is 1.68 bits per heavy atom. The van der Waals surface area contributed by atoms with Gasteiger partial charge in [-0.05, 0) is 26.0 Å². The molecule has 0 fully saturated rings. The fraction of sp³-hybridized carbons (Fsp3) is 0.333. The van der Waals surface area contributed by atoms with Crippen molar-refractivity contribution in [1.82, 2.24) is 5.32 Å². The van der Waals surface area contributed by atoms with Crippen LogP contribution in [-0.4, -0.2) is 23.5 Å². The van der Waals surface area contributed by atoms with E-state index in [1.807, 2.05) is 0 Å². The van der Waals surface area contributed by atoms with Crippen LogP contribution >= 0.6 is 0 Å². The van der Waals surface area contributed by atoms with Gasteiger partial charge in [0.2, 0.25) is 0 Å². The summed E-state index contributed by atoms with van der Waals surface area (Å²) in [7, 11) is 0. The lowest BCUT2D eigenvalue weighted by atomic mass is 9.94. The van der Waals surface area contributed by atoms with Gasteiger partial charge >= 0.3 is 5.97 Å². The van der Waals surface area contributed by atoms with Gasteiger partial charge in [-0.3, -0.25) is 9.59 Å². The second-order valence-corrected chi connectivity index (χ2v) is 4.63. The number of rotatable bonds is 4. The molecule has 0 bridgehead atoms. The highest BCUT2D eigenvalue weighted by molar-refractivity contribution is 5.94. The average Bonchev–Trinajstić information content (AvgIpc) is 2.32. The number of hydrogen-bond donors (Lipinski definition) is 2. The number of halogens is 3. The number of nitrogens with one attached hydrogen (secondary N) is 1. The van der Waals surface area contributed by atoms with Crippen molar-refractivity contribution in [2.45, 2.75) is 13.8 Å². The molecule has 1 aromatic rings. The third-order valence-corrected chi connectivity index (χ3v) is 2.52. The number of carboxylic acid groups (broad SMARTS) is 1. The molecule has 0 aliphatic rings. The summed E-state index contributed by atoms with van der Waals surface area (Å²) in [5, 5.41) is 11.0. The highest BCUT2D eigenvalue weighted by Crippen LogP contribution is 2.15. The predicted molar refractivity (Wildman–Crippen MR) is 60.1 cm³/mol. The van der Waals surface area contributed by atoms with Gasteiger partial charge in [-0.25, -0.2) is 13.2 Å². The van der Waals surface area contributed by atoms with Gasteiger partial charge in [-0.2, -0.15) is 0 Å². The lowest BCUT2D eigenvalue weighted by Crippen LogP contribution is -2.39. The Kier molecular flexibility index (Phi) is 4.18. The van der Waals surface area contributed by atoms with Crippen molar-refractivity contribution in [3.63, 3.8) is 0 Å². The normalized spacial score (nSPS) is 11.2. The Labute approximate surface area is 107 Å². The third-order valence-electron chi connectivity index (χ3n) is 2.52. The van der Waals surface area contributed by atoms with Crippen molar-refractivity contribution in [1.29, 1.82) is 0 Å². The zero-order valence-electron chi connectivity index (χ0n) is 10.3. The highest BCUT2D eigenvalue weighted by atomic mass is 19.2. The number of carbonyl (C=O) groups is 2. The van der Waals surface area contributed by atoms with E-state index in [1.54, 1.807) is 0 Å². The van der Waals surface area contributed by atoms with E-state index >= 15 is 0 Å². The van der Waals surface area contributed by atoms with Crippen LogP contribution in [0.15, 0.2) is 12.1 Å². The molecule has 0 aliphatic carbocycles. The molecule has 0 saturated carbocycles. The molecule has 0 saturated heterocycles. The quantitative estimate of drug-likeness (QED) is 0.825. The maximum atomic E-state index is 12.9. The molecule has 0 aromatic heterocycles. The third kappa shape index (κ3) is 3.46. The minimum atomic E-state index is -1.66. The first-order chi connectivity index (χ1) is 8.65. The van der Waals surface area contributed by atoms with Crippen molar-refractivity contribution in [3.8, 4) is 0 Å². The topological polar surface area (TPSA) is 66.4 Å². The second-order valence-electron chi connectivity index (χ2n) is 4.63. The molecule has 1 rings (SSSR count). The summed E-state index contributed by atoms with van der Waals surface area (Å²) in [6.07, 6.45) is 0. The number of hydrogen-bond acceptors (Lipinski definition) is 2. The first-order valence-corrected chi connectivity index (χ1v) is 5.31. The molecule has 0 heterocycles. The minimum absolute atomic E-state index is 0.234.